The minimum atomic E-state index is -0.607. The second kappa shape index (κ2) is 6.02. The molecule has 110 valence electrons. The van der Waals surface area contributed by atoms with Gasteiger partial charge in [-0.05, 0) is 6.92 Å². The van der Waals surface area contributed by atoms with Gasteiger partial charge < -0.3 is 15.3 Å². The Kier molecular flexibility index (Phi) is 4.35. The fourth-order valence-electron chi connectivity index (χ4n) is 2.22. The van der Waals surface area contributed by atoms with Gasteiger partial charge in [0.2, 0.25) is 5.91 Å². The molecule has 8 heteroatoms. The maximum Gasteiger partial charge on any atom is 0.328 e. The summed E-state index contributed by atoms with van der Waals surface area (Å²) in [7, 11) is 0. The molecular weight excluding hydrogens is 264 g/mol. The van der Waals surface area contributed by atoms with Crippen molar-refractivity contribution in [3.8, 4) is 0 Å². The second-order valence-corrected chi connectivity index (χ2v) is 4.83. The molecule has 1 saturated heterocycles. The molecule has 1 fully saturated rings. The van der Waals surface area contributed by atoms with E-state index in [1.54, 1.807) is 11.8 Å². The van der Waals surface area contributed by atoms with Crippen molar-refractivity contribution < 1.29 is 9.90 Å². The van der Waals surface area contributed by atoms with Crippen LogP contribution in [0.5, 0.6) is 0 Å². The zero-order chi connectivity index (χ0) is 14.7. The molecule has 3 N–H and O–H groups in total. The highest BCUT2D eigenvalue weighted by Crippen LogP contribution is 2.04. The number of hydrogen-bond donors (Lipinski definition) is 3. The summed E-state index contributed by atoms with van der Waals surface area (Å²) < 4.78 is 1.18. The number of hydrogen-bond acceptors (Lipinski definition) is 5. The molecule has 8 nitrogen and oxygen atoms in total. The Hall–Kier alpha value is -1.93. The molecule has 0 bridgehead atoms. The number of aromatic amines is 1. The Labute approximate surface area is 115 Å². The number of carbonyl (C=O) groups is 1. The van der Waals surface area contributed by atoms with E-state index in [0.29, 0.717) is 25.2 Å². The van der Waals surface area contributed by atoms with Crippen molar-refractivity contribution in [2.24, 2.45) is 0 Å². The first-order valence-electron chi connectivity index (χ1n) is 6.44. The number of nitrogens with zero attached hydrogens (tertiary/aromatic N) is 2. The quantitative estimate of drug-likeness (QED) is 0.575. The van der Waals surface area contributed by atoms with E-state index in [9.17, 15) is 19.5 Å². The van der Waals surface area contributed by atoms with Crippen LogP contribution < -0.4 is 16.6 Å². The summed E-state index contributed by atoms with van der Waals surface area (Å²) in [6, 6.07) is -0.282. The van der Waals surface area contributed by atoms with E-state index in [1.807, 2.05) is 0 Å². The Morgan fingerprint density at radius 1 is 1.50 bits per heavy atom. The van der Waals surface area contributed by atoms with Crippen molar-refractivity contribution in [2.45, 2.75) is 19.5 Å². The van der Waals surface area contributed by atoms with Gasteiger partial charge in [-0.15, -0.1) is 0 Å². The monoisotopic (exact) mass is 282 g/mol. The molecule has 1 amide bonds. The average Bonchev–Trinajstić information content (AvgIpc) is 2.44. The minimum Gasteiger partial charge on any atom is -0.394 e. The van der Waals surface area contributed by atoms with Crippen molar-refractivity contribution in [1.29, 1.82) is 0 Å². The average molecular weight is 282 g/mol. The van der Waals surface area contributed by atoms with E-state index in [0.717, 1.165) is 0 Å². The van der Waals surface area contributed by atoms with Crippen LogP contribution in [0, 0.1) is 6.92 Å². The van der Waals surface area contributed by atoms with E-state index in [2.05, 4.69) is 10.3 Å². The topological polar surface area (TPSA) is 107 Å². The summed E-state index contributed by atoms with van der Waals surface area (Å²) in [5.74, 6) is -0.251. The summed E-state index contributed by atoms with van der Waals surface area (Å²) in [5, 5.41) is 12.4. The number of piperazine rings is 1. The molecule has 2 heterocycles. The summed E-state index contributed by atoms with van der Waals surface area (Å²) in [6.45, 7) is 2.97. The fourth-order valence-corrected chi connectivity index (χ4v) is 2.22. The maximum absolute atomic E-state index is 12.2. The SMILES string of the molecule is Cc1cn(CC(=O)N2CCNCC2CO)c(=O)[nH]c1=O. The third-order valence-electron chi connectivity index (χ3n) is 3.38. The summed E-state index contributed by atoms with van der Waals surface area (Å²) in [4.78, 5) is 38.8. The molecule has 0 saturated carbocycles. The van der Waals surface area contributed by atoms with Crippen LogP contribution in [0.4, 0.5) is 0 Å². The molecule has 1 aliphatic heterocycles. The van der Waals surface area contributed by atoms with Crippen molar-refractivity contribution >= 4 is 5.91 Å². The van der Waals surface area contributed by atoms with E-state index in [4.69, 9.17) is 0 Å². The molecular formula is C12H18N4O4. The Balaban J connectivity index is 2.17. The number of aromatic nitrogens is 2. The highest BCUT2D eigenvalue weighted by atomic mass is 16.3. The van der Waals surface area contributed by atoms with Gasteiger partial charge >= 0.3 is 5.69 Å². The van der Waals surface area contributed by atoms with Gasteiger partial charge in [-0.1, -0.05) is 0 Å². The molecule has 1 aromatic heterocycles. The number of nitrogens with one attached hydrogen (secondary N) is 2. The van der Waals surface area contributed by atoms with Crippen molar-refractivity contribution in [2.75, 3.05) is 26.2 Å². The normalized spacial score (nSPS) is 19.1. The number of H-pyrrole nitrogens is 1. The highest BCUT2D eigenvalue weighted by molar-refractivity contribution is 5.76. The molecule has 1 aliphatic rings. The lowest BCUT2D eigenvalue weighted by molar-refractivity contribution is -0.136. The number of aryl methyl sites for hydroxylation is 1. The first-order valence-corrected chi connectivity index (χ1v) is 6.44. The van der Waals surface area contributed by atoms with Gasteiger partial charge in [0.1, 0.15) is 6.54 Å². The third-order valence-corrected chi connectivity index (χ3v) is 3.38. The van der Waals surface area contributed by atoms with E-state index < -0.39 is 11.2 Å². The van der Waals surface area contributed by atoms with Gasteiger partial charge in [0, 0.05) is 31.4 Å². The largest absolute Gasteiger partial charge is 0.394 e. The number of aliphatic hydroxyl groups is 1. The highest BCUT2D eigenvalue weighted by Gasteiger charge is 2.26. The predicted molar refractivity (Wildman–Crippen MR) is 71.5 cm³/mol. The van der Waals surface area contributed by atoms with Crippen LogP contribution in [-0.4, -0.2) is 57.7 Å². The zero-order valence-electron chi connectivity index (χ0n) is 11.3. The molecule has 0 radical (unpaired) electrons. The summed E-state index contributed by atoms with van der Waals surface area (Å²) >= 11 is 0. The standard InChI is InChI=1S/C12H18N4O4/c1-8-5-15(12(20)14-11(8)19)6-10(18)16-3-2-13-4-9(16)7-17/h5,9,13,17H,2-4,6-7H2,1H3,(H,14,19,20). The molecule has 0 aliphatic carbocycles. The van der Waals surface area contributed by atoms with Crippen LogP contribution in [0.3, 0.4) is 0 Å². The molecule has 0 spiro atoms. The van der Waals surface area contributed by atoms with E-state index in [-0.39, 0.29) is 25.1 Å². The molecule has 1 unspecified atom stereocenters. The zero-order valence-corrected chi connectivity index (χ0v) is 11.3. The van der Waals surface area contributed by atoms with Crippen LogP contribution in [0.25, 0.3) is 0 Å². The number of amides is 1. The number of rotatable bonds is 3. The first-order chi connectivity index (χ1) is 9.52. The predicted octanol–water partition coefficient (Wildman–Crippen LogP) is -2.36. The fraction of sp³-hybridized carbons (Fsp3) is 0.583. The summed E-state index contributed by atoms with van der Waals surface area (Å²) in [5.41, 5.74) is -0.685. The van der Waals surface area contributed by atoms with Crippen LogP contribution in [0.15, 0.2) is 15.8 Å². The lowest BCUT2D eigenvalue weighted by Crippen LogP contribution is -2.56. The van der Waals surface area contributed by atoms with Gasteiger partial charge in [-0.25, -0.2) is 4.79 Å². The maximum atomic E-state index is 12.2. The second-order valence-electron chi connectivity index (χ2n) is 4.83. The van der Waals surface area contributed by atoms with Gasteiger partial charge in [0.05, 0.1) is 12.6 Å². The third kappa shape index (κ3) is 2.97. The summed E-state index contributed by atoms with van der Waals surface area (Å²) in [6.07, 6.45) is 1.37. The molecule has 1 aromatic rings. The van der Waals surface area contributed by atoms with E-state index >= 15 is 0 Å². The van der Waals surface area contributed by atoms with Crippen molar-refractivity contribution in [3.63, 3.8) is 0 Å². The first kappa shape index (κ1) is 14.5. The van der Waals surface area contributed by atoms with Crippen LogP contribution in [0.1, 0.15) is 5.56 Å². The number of carbonyl (C=O) groups excluding carboxylic acids is 1. The van der Waals surface area contributed by atoms with E-state index in [1.165, 1.54) is 10.8 Å². The van der Waals surface area contributed by atoms with Gasteiger partial charge in [0.25, 0.3) is 5.56 Å². The van der Waals surface area contributed by atoms with Crippen molar-refractivity contribution in [1.82, 2.24) is 19.8 Å². The van der Waals surface area contributed by atoms with Crippen LogP contribution in [-0.2, 0) is 11.3 Å². The van der Waals surface area contributed by atoms with Crippen molar-refractivity contribution in [3.05, 3.63) is 32.6 Å². The Morgan fingerprint density at radius 3 is 2.95 bits per heavy atom. The van der Waals surface area contributed by atoms with Crippen LogP contribution >= 0.6 is 0 Å². The lowest BCUT2D eigenvalue weighted by Gasteiger charge is -2.35. The smallest absolute Gasteiger partial charge is 0.328 e. The Bertz CT molecular complexity index is 606. The molecule has 20 heavy (non-hydrogen) atoms. The van der Waals surface area contributed by atoms with Crippen LogP contribution in [0.2, 0.25) is 0 Å². The van der Waals surface area contributed by atoms with Gasteiger partial charge in [-0.3, -0.25) is 19.1 Å². The molecule has 2 rings (SSSR count). The van der Waals surface area contributed by atoms with Gasteiger partial charge in [-0.2, -0.15) is 0 Å². The molecule has 1 atom stereocenters. The lowest BCUT2D eigenvalue weighted by atomic mass is 10.2. The molecule has 0 aromatic carbocycles. The number of aliphatic hydroxyl groups excluding tert-OH is 1. The Morgan fingerprint density at radius 2 is 2.25 bits per heavy atom. The van der Waals surface area contributed by atoms with Gasteiger partial charge in [0.15, 0.2) is 0 Å². The minimum absolute atomic E-state index is 0.127.